The third-order valence-electron chi connectivity index (χ3n) is 18.2. The molecule has 4 saturated heterocycles. The van der Waals surface area contributed by atoms with Gasteiger partial charge in [-0.2, -0.15) is 0 Å². The van der Waals surface area contributed by atoms with Crippen molar-refractivity contribution in [2.24, 2.45) is 5.41 Å². The molecule has 16 atom stereocenters. The largest absolute Gasteiger partial charge is 0.394 e. The lowest BCUT2D eigenvalue weighted by atomic mass is 9.92. The van der Waals surface area contributed by atoms with E-state index in [0.29, 0.717) is 64.3 Å². The number of ether oxygens (including phenoxy) is 11. The van der Waals surface area contributed by atoms with Gasteiger partial charge in [-0.15, -0.1) is 0 Å². The molecule has 41 heteroatoms. The van der Waals surface area contributed by atoms with Gasteiger partial charge in [0.1, 0.15) is 73.1 Å². The summed E-state index contributed by atoms with van der Waals surface area (Å²) in [5.74, 6) is -3.55. The maximum Gasteiger partial charge on any atom is 0.225 e. The number of aliphatic hydroxyl groups excluding tert-OH is 10. The first-order valence-electron chi connectivity index (χ1n) is 38.2. The van der Waals surface area contributed by atoms with E-state index in [-0.39, 0.29) is 218 Å². The Morgan fingerprint density at radius 2 is 0.658 bits per heavy atom. The number of carbonyl (C=O) groups is 10. The predicted molar refractivity (Wildman–Crippen MR) is 385 cm³/mol. The molecule has 640 valence electrons. The van der Waals surface area contributed by atoms with Gasteiger partial charge in [0.05, 0.1) is 104 Å². The number of carbonyl (C=O) groups excluding carboxylic acids is 10. The molecule has 19 N–H and O–H groups in total. The minimum Gasteiger partial charge on any atom is -0.394 e. The van der Waals surface area contributed by atoms with E-state index in [1.165, 1.54) is 20.8 Å². The maximum absolute atomic E-state index is 13.3. The van der Waals surface area contributed by atoms with Crippen LogP contribution in [0.15, 0.2) is 0 Å². The molecule has 4 aliphatic rings. The first-order valence-corrected chi connectivity index (χ1v) is 38.2. The molecular formula is C70H124N10O31. The van der Waals surface area contributed by atoms with Crippen molar-refractivity contribution >= 4 is 59.1 Å². The molecule has 10 amide bonds. The Morgan fingerprint density at radius 3 is 0.937 bits per heavy atom. The minimum absolute atomic E-state index is 0.0369. The van der Waals surface area contributed by atoms with Crippen LogP contribution in [0.25, 0.3) is 0 Å². The molecule has 0 bridgehead atoms. The van der Waals surface area contributed by atoms with Crippen molar-refractivity contribution in [1.82, 2.24) is 52.8 Å². The number of aliphatic hydroxyl groups is 10. The Bertz CT molecular complexity index is 2490. The Kier molecular flexibility index (Phi) is 48.5. The smallest absolute Gasteiger partial charge is 0.225 e. The van der Waals surface area contributed by atoms with Gasteiger partial charge in [0.15, 0.2) is 18.9 Å². The number of morpholine rings is 1. The Balaban J connectivity index is 1.26. The average Bonchev–Trinajstić information content (AvgIpc) is 0.814. The van der Waals surface area contributed by atoms with Gasteiger partial charge in [0, 0.05) is 131 Å². The highest BCUT2D eigenvalue weighted by molar-refractivity contribution is 5.79. The van der Waals surface area contributed by atoms with Crippen LogP contribution in [0.4, 0.5) is 0 Å². The molecule has 4 heterocycles. The lowest BCUT2D eigenvalue weighted by Gasteiger charge is -2.42. The van der Waals surface area contributed by atoms with Crippen molar-refractivity contribution in [1.29, 1.82) is 0 Å². The van der Waals surface area contributed by atoms with Crippen molar-refractivity contribution in [2.75, 3.05) is 158 Å². The molecule has 41 nitrogen and oxygen atoms in total. The first kappa shape index (κ1) is 97.2. The van der Waals surface area contributed by atoms with Crippen LogP contribution in [0.2, 0.25) is 0 Å². The summed E-state index contributed by atoms with van der Waals surface area (Å²) < 4.78 is 63.8. The second-order valence-corrected chi connectivity index (χ2v) is 27.7. The van der Waals surface area contributed by atoms with E-state index < -0.39 is 141 Å². The lowest BCUT2D eigenvalue weighted by Crippen LogP contribution is -2.64. The van der Waals surface area contributed by atoms with E-state index in [9.17, 15) is 99.0 Å². The van der Waals surface area contributed by atoms with Crippen LogP contribution >= 0.6 is 0 Å². The molecule has 4 aliphatic heterocycles. The van der Waals surface area contributed by atoms with Gasteiger partial charge in [-0.3, -0.25) is 47.9 Å². The number of hydrogen-bond acceptors (Lipinski definition) is 31. The summed E-state index contributed by atoms with van der Waals surface area (Å²) in [6.07, 6.45) is -12.5. The van der Waals surface area contributed by atoms with Gasteiger partial charge in [0.25, 0.3) is 0 Å². The van der Waals surface area contributed by atoms with Gasteiger partial charge in [0.2, 0.25) is 59.1 Å². The number of nitrogens with one attached hydrogen (secondary N) is 9. The molecule has 4 fully saturated rings. The molecule has 0 saturated carbocycles. The summed E-state index contributed by atoms with van der Waals surface area (Å²) in [6, 6.07) is -3.28. The van der Waals surface area contributed by atoms with Gasteiger partial charge in [-0.25, -0.2) is 0 Å². The van der Waals surface area contributed by atoms with Crippen molar-refractivity contribution in [3.63, 3.8) is 0 Å². The second kappa shape index (κ2) is 55.4. The first-order chi connectivity index (χ1) is 53.2. The van der Waals surface area contributed by atoms with Gasteiger partial charge >= 0.3 is 0 Å². The van der Waals surface area contributed by atoms with Crippen molar-refractivity contribution in [3.05, 3.63) is 0 Å². The Morgan fingerprint density at radius 1 is 0.369 bits per heavy atom. The molecule has 0 aromatic heterocycles. The van der Waals surface area contributed by atoms with E-state index in [1.54, 1.807) is 4.90 Å². The molecule has 0 aliphatic carbocycles. The van der Waals surface area contributed by atoms with Crippen molar-refractivity contribution in [3.8, 4) is 0 Å². The molecule has 0 aromatic rings. The highest BCUT2D eigenvalue weighted by atomic mass is 16.7. The number of nitrogens with zero attached hydrogens (tertiary/aromatic N) is 1. The normalized spacial score (nSPS) is 25.8. The summed E-state index contributed by atoms with van der Waals surface area (Å²) >= 11 is 0. The molecule has 16 unspecified atom stereocenters. The zero-order chi connectivity index (χ0) is 81.5. The maximum atomic E-state index is 13.3. The van der Waals surface area contributed by atoms with E-state index in [4.69, 9.17) is 52.1 Å². The minimum atomic E-state index is -1.46. The highest BCUT2D eigenvalue weighted by Gasteiger charge is 2.48. The SMILES string of the molecule is CC(=O)NC1C(OCCCCC(=O)NCCCNC(=O)CCOCC(COCCC(=O)NCCCNC(=O)CCCCOC2OC(CO)C(O)C(O)C2NC(C)=O)(COCCC(=O)NCCCNC(=O)CCCCOC2OC(CO)C(O)C(O)C2NC(C)=O)COCCC(=O)N2CCOC(CO)C2)OC(CO)C(O)C1O. The number of unbranched alkanes of at least 4 members (excludes halogenated alkanes) is 3. The van der Waals surface area contributed by atoms with Crippen LogP contribution in [-0.2, 0) is 100 Å². The van der Waals surface area contributed by atoms with Crippen LogP contribution in [0.5, 0.6) is 0 Å². The Hall–Kier alpha value is -6.14. The number of amides is 10. The quantitative estimate of drug-likeness (QED) is 0.0252. The summed E-state index contributed by atoms with van der Waals surface area (Å²) in [5.41, 5.74) is -1.16. The van der Waals surface area contributed by atoms with Gasteiger partial charge in [-0.05, 0) is 57.8 Å². The zero-order valence-corrected chi connectivity index (χ0v) is 64.0. The summed E-state index contributed by atoms with van der Waals surface area (Å²) in [6.45, 7) is 3.15. The number of rotatable bonds is 57. The molecule has 0 aromatic carbocycles. The van der Waals surface area contributed by atoms with E-state index in [1.807, 2.05) is 0 Å². The van der Waals surface area contributed by atoms with Crippen LogP contribution in [0.1, 0.15) is 124 Å². The second-order valence-electron chi connectivity index (χ2n) is 27.7. The molecule has 4 rings (SSSR count). The van der Waals surface area contributed by atoms with Crippen LogP contribution in [0, 0.1) is 5.41 Å². The summed E-state index contributed by atoms with van der Waals surface area (Å²) in [5, 5.41) is 125. The van der Waals surface area contributed by atoms with Crippen molar-refractivity contribution in [2.45, 2.75) is 222 Å². The fourth-order valence-electron chi connectivity index (χ4n) is 12.0. The zero-order valence-electron chi connectivity index (χ0n) is 64.0. The molecule has 111 heavy (non-hydrogen) atoms. The Labute approximate surface area is 645 Å². The van der Waals surface area contributed by atoms with E-state index in [2.05, 4.69) is 47.9 Å². The molecule has 0 spiro atoms. The third-order valence-corrected chi connectivity index (χ3v) is 18.2. The molecular weight excluding hydrogens is 1480 g/mol. The van der Waals surface area contributed by atoms with E-state index >= 15 is 0 Å². The average molecular weight is 1600 g/mol. The van der Waals surface area contributed by atoms with Crippen LogP contribution in [-0.4, -0.2) is 371 Å². The summed E-state index contributed by atoms with van der Waals surface area (Å²) in [7, 11) is 0. The van der Waals surface area contributed by atoms with E-state index in [0.717, 1.165) is 0 Å². The fourth-order valence-corrected chi connectivity index (χ4v) is 12.0. The standard InChI is InChI=1S/C70H124N10O31/c1-44(85)77-58-64(98)61(95)48(37-82)109-67(58)106-27-7-4-13-51(88)71-20-10-23-74-54(91)16-30-101-40-70(43-104-33-19-57(94)80-26-34-105-47(35-80)36-81,41-102-31-17-55(92)75-24-11-21-72-52(89)14-5-8-28-107-68-59(78-45(2)86)65(99)62(96)49(38-83)110-68)42-103-32-18-56(93)76-25-12-22-73-53(90)15-6-9-29-108-69-60(79-46(3)87)66(100)63(97)50(39-84)111-69/h47-50,58-69,81-84,95-100H,4-43H2,1-3H3,(H,71,88)(H,72,89)(H,73,90)(H,74,91)(H,75,92)(H,76,93)(H,77,85)(H,78,86)(H,79,87). The fraction of sp³-hybridized carbons (Fsp3) is 0.857. The molecule has 0 radical (unpaired) electrons. The topological polar surface area (TPSA) is 586 Å². The summed E-state index contributed by atoms with van der Waals surface area (Å²) in [4.78, 5) is 127. The van der Waals surface area contributed by atoms with Crippen molar-refractivity contribution < 1.29 is 151 Å². The third kappa shape index (κ3) is 38.2. The van der Waals surface area contributed by atoms with Gasteiger partial charge < -0.3 is 156 Å². The number of hydrogen-bond donors (Lipinski definition) is 19. The van der Waals surface area contributed by atoms with Crippen LogP contribution < -0.4 is 47.9 Å². The van der Waals surface area contributed by atoms with Gasteiger partial charge in [-0.1, -0.05) is 0 Å². The lowest BCUT2D eigenvalue weighted by molar-refractivity contribution is -0.270. The highest BCUT2D eigenvalue weighted by Crippen LogP contribution is 2.27. The van der Waals surface area contributed by atoms with Crippen LogP contribution in [0.3, 0.4) is 0 Å². The predicted octanol–water partition coefficient (Wildman–Crippen LogP) is -7.92. The monoisotopic (exact) mass is 1600 g/mol.